The van der Waals surface area contributed by atoms with E-state index in [4.69, 9.17) is 23.7 Å². The van der Waals surface area contributed by atoms with Crippen molar-refractivity contribution in [2.24, 2.45) is 0 Å². The van der Waals surface area contributed by atoms with E-state index in [-0.39, 0.29) is 25.7 Å². The highest BCUT2D eigenvalue weighted by Gasteiger charge is 2.30. The average molecular weight is 583 g/mol. The van der Waals surface area contributed by atoms with Crippen molar-refractivity contribution in [3.63, 3.8) is 0 Å². The summed E-state index contributed by atoms with van der Waals surface area (Å²) in [6.45, 7) is -3.99. The van der Waals surface area contributed by atoms with Crippen LogP contribution in [0.25, 0.3) is 0 Å². The first-order valence-electron chi connectivity index (χ1n) is 13.5. The fourth-order valence-electron chi connectivity index (χ4n) is 3.90. The number of hydrogen-bond acceptors (Lipinski definition) is 9. The summed E-state index contributed by atoms with van der Waals surface area (Å²) in [6.07, 6.45) is -0.654. The minimum absolute atomic E-state index is 0.163. The largest absolute Gasteiger partial charge is 0.400 e. The van der Waals surface area contributed by atoms with E-state index >= 15 is 0 Å². The van der Waals surface area contributed by atoms with Gasteiger partial charge in [0.1, 0.15) is 0 Å². The van der Waals surface area contributed by atoms with E-state index in [0.29, 0.717) is 22.3 Å². The molecule has 43 heavy (non-hydrogen) atoms. The quantitative estimate of drug-likeness (QED) is 0.154. The zero-order valence-electron chi connectivity index (χ0n) is 23.2. The van der Waals surface area contributed by atoms with Crippen LogP contribution in [0.3, 0.4) is 0 Å². The van der Waals surface area contributed by atoms with E-state index in [0.717, 1.165) is 0 Å². The molecule has 4 aromatic rings. The molecule has 0 spiro atoms. The van der Waals surface area contributed by atoms with E-state index in [2.05, 4.69) is 0 Å². The molecule has 0 bridgehead atoms. The first kappa shape index (κ1) is 30.7. The molecule has 0 aromatic heterocycles. The van der Waals surface area contributed by atoms with Crippen LogP contribution < -0.4 is 0 Å². The lowest BCUT2D eigenvalue weighted by molar-refractivity contribution is -0.359. The maximum atomic E-state index is 12.8. The topological polar surface area (TPSA) is 114 Å². The molecule has 9 nitrogen and oxygen atoms in total. The number of hydrogen-bond donors (Lipinski definition) is 0. The number of carbonyl (C=O) groups excluding carboxylic acids is 4. The van der Waals surface area contributed by atoms with Gasteiger partial charge in [-0.15, -0.1) is 0 Å². The molecule has 0 N–H and O–H groups in total. The van der Waals surface area contributed by atoms with Gasteiger partial charge in [0.2, 0.25) is 0 Å². The number of esters is 4. The summed E-state index contributed by atoms with van der Waals surface area (Å²) in [5.41, 5.74) is 2.56. The van der Waals surface area contributed by atoms with Crippen molar-refractivity contribution in [2.45, 2.75) is 38.6 Å². The first-order chi connectivity index (χ1) is 20.9. The molecule has 0 amide bonds. The zero-order chi connectivity index (χ0) is 30.3. The SMILES string of the molecule is O=C(Cc1ccccc1)OC(OC(=O)Cc1ccccc1)OC(OC(=O)Cc1ccccc1)OC(=O)Cc1ccccc1. The molecule has 0 aliphatic heterocycles. The third-order valence-electron chi connectivity index (χ3n) is 5.90. The van der Waals surface area contributed by atoms with Crippen LogP contribution in [0, 0.1) is 0 Å². The zero-order valence-corrected chi connectivity index (χ0v) is 23.2. The van der Waals surface area contributed by atoms with Gasteiger partial charge < -0.3 is 18.9 Å². The van der Waals surface area contributed by atoms with Gasteiger partial charge in [0.25, 0.3) is 0 Å². The van der Waals surface area contributed by atoms with E-state index < -0.39 is 36.8 Å². The average Bonchev–Trinajstić information content (AvgIpc) is 2.99. The molecule has 0 fully saturated rings. The van der Waals surface area contributed by atoms with Gasteiger partial charge in [-0.2, -0.15) is 0 Å². The standard InChI is InChI=1S/C34H30O9/c35-29(21-25-13-5-1-6-14-25)39-33(40-30(36)22-26-15-7-2-8-16-26)43-34(41-31(37)23-27-17-9-3-10-18-27)42-32(38)24-28-19-11-4-12-20-28/h1-20,33-34H,21-24H2. The Morgan fingerprint density at radius 1 is 0.372 bits per heavy atom. The molecular weight excluding hydrogens is 552 g/mol. The molecule has 0 saturated carbocycles. The Labute approximate surface area is 248 Å². The molecule has 0 aliphatic carbocycles. The highest BCUT2D eigenvalue weighted by Crippen LogP contribution is 2.14. The number of ether oxygens (including phenoxy) is 5. The number of rotatable bonds is 14. The van der Waals surface area contributed by atoms with Crippen molar-refractivity contribution in [3.05, 3.63) is 144 Å². The van der Waals surface area contributed by atoms with Crippen molar-refractivity contribution in [2.75, 3.05) is 0 Å². The molecule has 0 unspecified atom stereocenters. The van der Waals surface area contributed by atoms with E-state index in [1.165, 1.54) is 0 Å². The Hall–Kier alpha value is -5.28. The van der Waals surface area contributed by atoms with Crippen LogP contribution in [0.1, 0.15) is 22.3 Å². The summed E-state index contributed by atoms with van der Waals surface area (Å²) in [4.78, 5) is 51.0. The molecule has 0 atom stereocenters. The van der Waals surface area contributed by atoms with Crippen LogP contribution >= 0.6 is 0 Å². The van der Waals surface area contributed by atoms with Gasteiger partial charge in [0, 0.05) is 0 Å². The van der Waals surface area contributed by atoms with Gasteiger partial charge in [0.05, 0.1) is 25.7 Å². The Kier molecular flexibility index (Phi) is 11.6. The van der Waals surface area contributed by atoms with E-state index in [9.17, 15) is 19.2 Å². The summed E-state index contributed by atoms with van der Waals surface area (Å²) in [7, 11) is 0. The Bertz CT molecular complexity index is 1240. The molecule has 0 heterocycles. The predicted molar refractivity (Wildman–Crippen MR) is 154 cm³/mol. The van der Waals surface area contributed by atoms with Gasteiger partial charge in [0.15, 0.2) is 0 Å². The van der Waals surface area contributed by atoms with E-state index in [1.807, 2.05) is 0 Å². The normalized spacial score (nSPS) is 10.7. The van der Waals surface area contributed by atoms with Crippen molar-refractivity contribution in [3.8, 4) is 0 Å². The summed E-state index contributed by atoms with van der Waals surface area (Å²) in [5.74, 6) is -3.19. The van der Waals surface area contributed by atoms with Crippen LogP contribution in [0.4, 0.5) is 0 Å². The lowest BCUT2D eigenvalue weighted by atomic mass is 10.2. The second-order valence-electron chi connectivity index (χ2n) is 9.32. The Morgan fingerprint density at radius 2 is 0.581 bits per heavy atom. The Morgan fingerprint density at radius 3 is 0.791 bits per heavy atom. The minimum atomic E-state index is -1.99. The lowest BCUT2D eigenvalue weighted by Crippen LogP contribution is -2.37. The van der Waals surface area contributed by atoms with Gasteiger partial charge >= 0.3 is 36.8 Å². The van der Waals surface area contributed by atoms with Gasteiger partial charge in [-0.3, -0.25) is 19.2 Å². The smallest absolute Gasteiger partial charge is 0.370 e. The second kappa shape index (κ2) is 16.2. The third kappa shape index (κ3) is 11.3. The molecule has 4 aromatic carbocycles. The predicted octanol–water partition coefficient (Wildman–Crippen LogP) is 4.71. The number of carbonyl (C=O) groups is 4. The summed E-state index contributed by atoms with van der Waals surface area (Å²) >= 11 is 0. The summed E-state index contributed by atoms with van der Waals surface area (Å²) in [5, 5.41) is 0. The van der Waals surface area contributed by atoms with Gasteiger partial charge in [-0.25, -0.2) is 4.74 Å². The van der Waals surface area contributed by atoms with Crippen molar-refractivity contribution in [1.82, 2.24) is 0 Å². The molecule has 220 valence electrons. The maximum absolute atomic E-state index is 12.8. The van der Waals surface area contributed by atoms with Crippen molar-refractivity contribution >= 4 is 23.9 Å². The van der Waals surface area contributed by atoms with Crippen LogP contribution in [0.2, 0.25) is 0 Å². The van der Waals surface area contributed by atoms with Crippen LogP contribution in [-0.4, -0.2) is 36.8 Å². The minimum Gasteiger partial charge on any atom is -0.400 e. The summed E-state index contributed by atoms with van der Waals surface area (Å²) < 4.78 is 26.7. The fraction of sp³-hybridized carbons (Fsp3) is 0.176. The first-order valence-corrected chi connectivity index (χ1v) is 13.5. The Balaban J connectivity index is 1.49. The van der Waals surface area contributed by atoms with Crippen LogP contribution in [-0.2, 0) is 68.5 Å². The summed E-state index contributed by atoms with van der Waals surface area (Å²) in [6, 6.07) is 35.0. The van der Waals surface area contributed by atoms with Crippen LogP contribution in [0.5, 0.6) is 0 Å². The number of benzene rings is 4. The van der Waals surface area contributed by atoms with E-state index in [1.54, 1.807) is 121 Å². The molecule has 0 aliphatic rings. The lowest BCUT2D eigenvalue weighted by Gasteiger charge is -2.24. The fourth-order valence-corrected chi connectivity index (χ4v) is 3.90. The highest BCUT2D eigenvalue weighted by atomic mass is 17.0. The maximum Gasteiger partial charge on any atom is 0.370 e. The van der Waals surface area contributed by atoms with Gasteiger partial charge in [-0.05, 0) is 22.3 Å². The van der Waals surface area contributed by atoms with Crippen molar-refractivity contribution in [1.29, 1.82) is 0 Å². The third-order valence-corrected chi connectivity index (χ3v) is 5.90. The molecule has 9 heteroatoms. The highest BCUT2D eigenvalue weighted by molar-refractivity contribution is 5.75. The second-order valence-corrected chi connectivity index (χ2v) is 9.32. The molecule has 0 radical (unpaired) electrons. The molecular formula is C34H30O9. The molecule has 0 saturated heterocycles. The molecule has 4 rings (SSSR count). The van der Waals surface area contributed by atoms with Crippen LogP contribution in [0.15, 0.2) is 121 Å². The van der Waals surface area contributed by atoms with Crippen molar-refractivity contribution < 1.29 is 42.9 Å². The monoisotopic (exact) mass is 582 g/mol. The van der Waals surface area contributed by atoms with Gasteiger partial charge in [-0.1, -0.05) is 121 Å².